The summed E-state index contributed by atoms with van der Waals surface area (Å²) in [4.78, 5) is 19.0. The number of hydrogen-bond donors (Lipinski definition) is 0. The summed E-state index contributed by atoms with van der Waals surface area (Å²) in [5, 5.41) is 0.727. The Labute approximate surface area is 175 Å². The third-order valence-electron chi connectivity index (χ3n) is 5.34. The second-order valence-electron chi connectivity index (χ2n) is 7.66. The van der Waals surface area contributed by atoms with Gasteiger partial charge in [-0.3, -0.25) is 4.79 Å². The molecule has 0 unspecified atom stereocenters. The summed E-state index contributed by atoms with van der Waals surface area (Å²) in [5.41, 5.74) is 4.55. The van der Waals surface area contributed by atoms with E-state index in [1.54, 1.807) is 11.3 Å². The van der Waals surface area contributed by atoms with Crippen molar-refractivity contribution in [1.82, 2.24) is 9.88 Å². The Morgan fingerprint density at radius 2 is 1.90 bits per heavy atom. The number of benzene rings is 2. The van der Waals surface area contributed by atoms with Crippen LogP contribution in [0.1, 0.15) is 29.5 Å². The van der Waals surface area contributed by atoms with Crippen molar-refractivity contribution in [2.75, 3.05) is 19.7 Å². The quantitative estimate of drug-likeness (QED) is 0.613. The van der Waals surface area contributed by atoms with E-state index in [1.807, 2.05) is 36.1 Å². The molecule has 1 aromatic heterocycles. The summed E-state index contributed by atoms with van der Waals surface area (Å²) in [6, 6.07) is 12.0. The number of ether oxygens (including phenoxy) is 2. The smallest absolute Gasteiger partial charge is 0.274 e. The number of carbonyl (C=O) groups excluding carboxylic acids is 1. The molecule has 2 aromatic carbocycles. The number of aromatic nitrogens is 1. The van der Waals surface area contributed by atoms with Crippen LogP contribution in [-0.4, -0.2) is 41.6 Å². The van der Waals surface area contributed by atoms with Crippen molar-refractivity contribution >= 4 is 27.5 Å². The Bertz CT molecular complexity index is 983. The highest BCUT2D eigenvalue weighted by Crippen LogP contribution is 2.33. The van der Waals surface area contributed by atoms with E-state index in [-0.39, 0.29) is 18.6 Å². The number of nitrogens with zero attached hydrogens (tertiary/aromatic N) is 2. The van der Waals surface area contributed by atoms with E-state index in [0.717, 1.165) is 34.9 Å². The number of piperidine rings is 1. The Kier molecular flexibility index (Phi) is 5.72. The van der Waals surface area contributed by atoms with Crippen molar-refractivity contribution in [3.05, 3.63) is 53.1 Å². The molecule has 0 radical (unpaired) electrons. The van der Waals surface area contributed by atoms with Crippen LogP contribution in [-0.2, 0) is 4.79 Å². The van der Waals surface area contributed by atoms with Crippen LogP contribution in [0, 0.1) is 20.8 Å². The minimum Gasteiger partial charge on any atom is -0.484 e. The van der Waals surface area contributed by atoms with E-state index in [9.17, 15) is 4.79 Å². The molecule has 6 heteroatoms. The minimum absolute atomic E-state index is 0.0243. The van der Waals surface area contributed by atoms with Gasteiger partial charge in [0.15, 0.2) is 6.61 Å². The van der Waals surface area contributed by atoms with Crippen LogP contribution in [0.2, 0.25) is 0 Å². The van der Waals surface area contributed by atoms with Gasteiger partial charge in [-0.25, -0.2) is 4.98 Å². The molecule has 5 nitrogen and oxygen atoms in total. The number of rotatable bonds is 5. The molecule has 1 aliphatic heterocycles. The Hall–Kier alpha value is -2.60. The third kappa shape index (κ3) is 4.53. The standard InChI is InChI=1S/C23H26N2O3S/c1-15-5-4-6-19(13-15)27-14-20(26)25-11-9-18(10-12-25)28-23-24-21-16(2)7-8-17(3)22(21)29-23/h4-8,13,18H,9-12,14H2,1-3H3. The van der Waals surface area contributed by atoms with Crippen LogP contribution in [0.15, 0.2) is 36.4 Å². The highest BCUT2D eigenvalue weighted by molar-refractivity contribution is 7.20. The lowest BCUT2D eigenvalue weighted by Gasteiger charge is -2.31. The number of fused-ring (bicyclic) bond motifs is 1. The number of amides is 1. The summed E-state index contributed by atoms with van der Waals surface area (Å²) in [7, 11) is 0. The van der Waals surface area contributed by atoms with Crippen molar-refractivity contribution in [3.63, 3.8) is 0 Å². The molecule has 2 heterocycles. The van der Waals surface area contributed by atoms with E-state index < -0.39 is 0 Å². The van der Waals surface area contributed by atoms with Gasteiger partial charge in [-0.05, 0) is 49.6 Å². The predicted octanol–water partition coefficient (Wildman–Crippen LogP) is 4.67. The molecule has 0 aliphatic carbocycles. The maximum atomic E-state index is 12.5. The first-order valence-corrected chi connectivity index (χ1v) is 10.8. The number of hydrogen-bond acceptors (Lipinski definition) is 5. The van der Waals surface area contributed by atoms with Gasteiger partial charge in [0.2, 0.25) is 0 Å². The zero-order chi connectivity index (χ0) is 20.4. The molecule has 152 valence electrons. The van der Waals surface area contributed by atoms with Gasteiger partial charge in [0, 0.05) is 25.9 Å². The van der Waals surface area contributed by atoms with Gasteiger partial charge in [-0.15, -0.1) is 0 Å². The lowest BCUT2D eigenvalue weighted by Crippen LogP contribution is -2.43. The molecular weight excluding hydrogens is 384 g/mol. The summed E-state index contributed by atoms with van der Waals surface area (Å²) in [6.45, 7) is 7.63. The highest BCUT2D eigenvalue weighted by Gasteiger charge is 2.25. The number of carbonyl (C=O) groups is 1. The second-order valence-corrected chi connectivity index (χ2v) is 8.62. The lowest BCUT2D eigenvalue weighted by atomic mass is 10.1. The average Bonchev–Trinajstić information content (AvgIpc) is 3.15. The molecule has 1 aliphatic rings. The second kappa shape index (κ2) is 8.41. The van der Waals surface area contributed by atoms with Crippen LogP contribution in [0.25, 0.3) is 10.2 Å². The molecule has 4 rings (SSSR count). The van der Waals surface area contributed by atoms with E-state index >= 15 is 0 Å². The number of likely N-dealkylation sites (tertiary alicyclic amines) is 1. The molecule has 1 saturated heterocycles. The van der Waals surface area contributed by atoms with Crippen LogP contribution in [0.5, 0.6) is 10.9 Å². The molecule has 3 aromatic rings. The van der Waals surface area contributed by atoms with E-state index in [1.165, 1.54) is 15.8 Å². The van der Waals surface area contributed by atoms with Crippen molar-refractivity contribution < 1.29 is 14.3 Å². The first-order chi connectivity index (χ1) is 14.0. The van der Waals surface area contributed by atoms with Crippen LogP contribution in [0.4, 0.5) is 0 Å². The van der Waals surface area contributed by atoms with Crippen LogP contribution < -0.4 is 9.47 Å². The molecule has 0 bridgehead atoms. The van der Waals surface area contributed by atoms with Gasteiger partial charge in [-0.2, -0.15) is 0 Å². The molecule has 1 amide bonds. The Morgan fingerprint density at radius 3 is 2.62 bits per heavy atom. The predicted molar refractivity (Wildman–Crippen MR) is 116 cm³/mol. The molecule has 0 N–H and O–H groups in total. The third-order valence-corrected chi connectivity index (χ3v) is 6.42. The Morgan fingerprint density at radius 1 is 1.14 bits per heavy atom. The van der Waals surface area contributed by atoms with E-state index in [4.69, 9.17) is 9.47 Å². The molecule has 0 saturated carbocycles. The van der Waals surface area contributed by atoms with Crippen molar-refractivity contribution in [2.24, 2.45) is 0 Å². The summed E-state index contributed by atoms with van der Waals surface area (Å²) >= 11 is 1.61. The van der Waals surface area contributed by atoms with Gasteiger partial charge in [-0.1, -0.05) is 35.6 Å². The zero-order valence-electron chi connectivity index (χ0n) is 17.1. The largest absolute Gasteiger partial charge is 0.484 e. The summed E-state index contributed by atoms with van der Waals surface area (Å²) in [5.74, 6) is 0.759. The maximum absolute atomic E-state index is 12.5. The monoisotopic (exact) mass is 410 g/mol. The molecule has 29 heavy (non-hydrogen) atoms. The van der Waals surface area contributed by atoms with E-state index in [2.05, 4.69) is 31.0 Å². The fourth-order valence-corrected chi connectivity index (χ4v) is 4.63. The van der Waals surface area contributed by atoms with Crippen molar-refractivity contribution in [1.29, 1.82) is 0 Å². The van der Waals surface area contributed by atoms with Crippen molar-refractivity contribution in [3.8, 4) is 10.9 Å². The highest BCUT2D eigenvalue weighted by atomic mass is 32.1. The normalized spacial score (nSPS) is 14.9. The van der Waals surface area contributed by atoms with Gasteiger partial charge < -0.3 is 14.4 Å². The topological polar surface area (TPSA) is 51.7 Å². The average molecular weight is 411 g/mol. The van der Waals surface area contributed by atoms with Crippen LogP contribution >= 0.6 is 11.3 Å². The number of thiazole rings is 1. The fourth-order valence-electron chi connectivity index (χ4n) is 3.60. The molecule has 0 atom stereocenters. The first-order valence-electron chi connectivity index (χ1n) is 10.0. The van der Waals surface area contributed by atoms with E-state index in [0.29, 0.717) is 13.1 Å². The maximum Gasteiger partial charge on any atom is 0.274 e. The summed E-state index contributed by atoms with van der Waals surface area (Å²) in [6.07, 6.45) is 1.71. The Balaban J connectivity index is 1.29. The van der Waals surface area contributed by atoms with Gasteiger partial charge in [0.25, 0.3) is 11.1 Å². The SMILES string of the molecule is Cc1cccc(OCC(=O)N2CCC(Oc3nc4c(C)ccc(C)c4s3)CC2)c1. The minimum atomic E-state index is 0.0243. The first kappa shape index (κ1) is 19.7. The summed E-state index contributed by atoms with van der Waals surface area (Å²) < 4.78 is 13.0. The fraction of sp³-hybridized carbons (Fsp3) is 0.391. The van der Waals surface area contributed by atoms with Crippen LogP contribution in [0.3, 0.4) is 0 Å². The molecule has 1 fully saturated rings. The molecule has 0 spiro atoms. The number of aryl methyl sites for hydroxylation is 3. The van der Waals surface area contributed by atoms with Gasteiger partial charge in [0.05, 0.1) is 10.2 Å². The zero-order valence-corrected chi connectivity index (χ0v) is 17.9. The van der Waals surface area contributed by atoms with Gasteiger partial charge >= 0.3 is 0 Å². The van der Waals surface area contributed by atoms with Crippen molar-refractivity contribution in [2.45, 2.75) is 39.7 Å². The van der Waals surface area contributed by atoms with Gasteiger partial charge in [0.1, 0.15) is 11.9 Å². The lowest BCUT2D eigenvalue weighted by molar-refractivity contribution is -0.135. The molecular formula is C23H26N2O3S.